The van der Waals surface area contributed by atoms with Crippen LogP contribution < -0.4 is 30.1 Å². The lowest BCUT2D eigenvalue weighted by Gasteiger charge is -2.40. The van der Waals surface area contributed by atoms with Crippen LogP contribution in [0.1, 0.15) is 50.0 Å². The predicted molar refractivity (Wildman–Crippen MR) is 201 cm³/mol. The molecule has 1 atom stereocenters. The lowest BCUT2D eigenvalue weighted by molar-refractivity contribution is -0.134. The zero-order valence-electron chi connectivity index (χ0n) is 30.0. The first kappa shape index (κ1) is 36.6. The van der Waals surface area contributed by atoms with E-state index in [1.807, 2.05) is 12.1 Å². The molecule has 3 amide bonds. The molecule has 288 valence electrons. The van der Waals surface area contributed by atoms with Crippen LogP contribution in [0.15, 0.2) is 60.9 Å². The summed E-state index contributed by atoms with van der Waals surface area (Å²) in [4.78, 5) is 62.7. The second-order valence-corrected chi connectivity index (χ2v) is 15.6. The molecule has 3 fully saturated rings. The number of anilines is 3. The summed E-state index contributed by atoms with van der Waals surface area (Å²) in [7, 11) is -4.83. The van der Waals surface area contributed by atoms with Gasteiger partial charge in [-0.15, -0.1) is 10.2 Å². The van der Waals surface area contributed by atoms with Crippen LogP contribution in [0.2, 0.25) is 0 Å². The average molecular weight is 772 g/mol. The highest BCUT2D eigenvalue weighted by molar-refractivity contribution is 7.46. The highest BCUT2D eigenvalue weighted by Gasteiger charge is 2.37. The molecule has 2 saturated heterocycles. The minimum absolute atomic E-state index is 0.0295. The van der Waals surface area contributed by atoms with Crippen LogP contribution in [0.5, 0.6) is 11.5 Å². The number of fused-ring (bicyclic) bond motifs is 1. The SMILES string of the molecule is Nc1nnc(-c2ccccc2OP(=O)(O)O)cc1-n1cc(N2CCN(CC3CCC(c4cccc5c4OCCN5[C@H]4CCC(=O)NC4=O)CC3)CC2=O)cn1. The van der Waals surface area contributed by atoms with E-state index in [1.54, 1.807) is 41.6 Å². The minimum Gasteiger partial charge on any atom is -0.489 e. The van der Waals surface area contributed by atoms with Crippen molar-refractivity contribution in [3.63, 3.8) is 0 Å². The first-order valence-corrected chi connectivity index (χ1v) is 20.0. The number of hydrogen-bond acceptors (Lipinski definition) is 12. The van der Waals surface area contributed by atoms with Gasteiger partial charge in [0.2, 0.25) is 17.7 Å². The summed E-state index contributed by atoms with van der Waals surface area (Å²) >= 11 is 0. The number of aromatic nitrogens is 4. The number of carbonyl (C=O) groups is 3. The molecule has 18 heteroatoms. The number of benzene rings is 2. The van der Waals surface area contributed by atoms with E-state index in [0.29, 0.717) is 74.4 Å². The molecule has 0 spiro atoms. The van der Waals surface area contributed by atoms with Crippen LogP contribution in [-0.4, -0.2) is 97.8 Å². The maximum absolute atomic E-state index is 13.5. The van der Waals surface area contributed by atoms with Gasteiger partial charge in [-0.3, -0.25) is 34.4 Å². The summed E-state index contributed by atoms with van der Waals surface area (Å²) in [5, 5.41) is 15.1. The third-order valence-corrected chi connectivity index (χ3v) is 11.3. The van der Waals surface area contributed by atoms with Crippen molar-refractivity contribution in [2.75, 3.05) is 54.9 Å². The van der Waals surface area contributed by atoms with Gasteiger partial charge in [0.25, 0.3) is 0 Å². The quantitative estimate of drug-likeness (QED) is 0.142. The second-order valence-electron chi connectivity index (χ2n) is 14.4. The van der Waals surface area contributed by atoms with Gasteiger partial charge in [-0.2, -0.15) is 5.10 Å². The standard InChI is InChI=1S/C37H42N9O8P/c38-36-31(18-28(41-42-36)27-4-1-2-7-32(27)54-55(50,51)52)46-21-25(19-39-46)44-15-14-43(22-34(44)48)20-23-8-10-24(11-9-23)26-5-3-6-29-35(26)53-17-16-45(29)30-12-13-33(47)40-37(30)49/h1-7,18-19,21,23-24,30H,8-17,20,22H2,(H2,38,42)(H,40,47,49)(H2,50,51,52)/t23?,24?,30-/m0/s1. The van der Waals surface area contributed by atoms with Gasteiger partial charge in [-0.25, -0.2) is 9.25 Å². The molecule has 5 N–H and O–H groups in total. The summed E-state index contributed by atoms with van der Waals surface area (Å²) in [6.45, 7) is 3.43. The number of phosphoric acid groups is 1. The van der Waals surface area contributed by atoms with Crippen molar-refractivity contribution in [1.29, 1.82) is 0 Å². The Morgan fingerprint density at radius 3 is 2.56 bits per heavy atom. The van der Waals surface area contributed by atoms with Crippen molar-refractivity contribution in [2.45, 2.75) is 50.5 Å². The van der Waals surface area contributed by atoms with Crippen molar-refractivity contribution in [1.82, 2.24) is 30.2 Å². The summed E-state index contributed by atoms with van der Waals surface area (Å²) in [6, 6.07) is 13.7. The number of rotatable bonds is 9. The maximum Gasteiger partial charge on any atom is 0.524 e. The number of phosphoric ester groups is 1. The fraction of sp³-hybridized carbons (Fsp3) is 0.405. The van der Waals surface area contributed by atoms with Crippen LogP contribution >= 0.6 is 7.82 Å². The van der Waals surface area contributed by atoms with E-state index in [-0.39, 0.29) is 41.0 Å². The Morgan fingerprint density at radius 1 is 0.964 bits per heavy atom. The number of piperazine rings is 1. The Labute approximate surface area is 316 Å². The van der Waals surface area contributed by atoms with E-state index in [9.17, 15) is 28.7 Å². The molecule has 4 aliphatic rings. The summed E-state index contributed by atoms with van der Waals surface area (Å²) in [5.41, 5.74) is 9.81. The third kappa shape index (κ3) is 7.78. The molecule has 17 nitrogen and oxygen atoms in total. The van der Waals surface area contributed by atoms with Gasteiger partial charge in [0.1, 0.15) is 29.8 Å². The van der Waals surface area contributed by atoms with E-state index < -0.39 is 7.82 Å². The molecular formula is C37H42N9O8P. The number of ether oxygens (including phenoxy) is 1. The number of hydrogen-bond donors (Lipinski definition) is 4. The molecule has 1 saturated carbocycles. The topological polar surface area (TPSA) is 219 Å². The van der Waals surface area contributed by atoms with Crippen LogP contribution in [-0.2, 0) is 18.9 Å². The smallest absolute Gasteiger partial charge is 0.489 e. The molecular weight excluding hydrogens is 729 g/mol. The number of amides is 3. The van der Waals surface area contributed by atoms with E-state index in [2.05, 4.69) is 36.5 Å². The molecule has 1 aliphatic carbocycles. The summed E-state index contributed by atoms with van der Waals surface area (Å²) in [6.07, 6.45) is 8.20. The Bertz CT molecular complexity index is 2170. The second kappa shape index (κ2) is 15.1. The number of carbonyl (C=O) groups excluding carboxylic acids is 3. The van der Waals surface area contributed by atoms with Crippen LogP contribution in [0.4, 0.5) is 17.2 Å². The van der Waals surface area contributed by atoms with Gasteiger partial charge in [0.05, 0.1) is 42.6 Å². The van der Waals surface area contributed by atoms with Crippen LogP contribution in [0, 0.1) is 5.92 Å². The zero-order chi connectivity index (χ0) is 38.3. The van der Waals surface area contributed by atoms with Crippen molar-refractivity contribution in [2.24, 2.45) is 5.92 Å². The molecule has 3 aliphatic heterocycles. The monoisotopic (exact) mass is 771 g/mol. The van der Waals surface area contributed by atoms with Gasteiger partial charge < -0.3 is 24.8 Å². The fourth-order valence-electron chi connectivity index (χ4n) is 8.27. The highest BCUT2D eigenvalue weighted by atomic mass is 31.2. The fourth-order valence-corrected chi connectivity index (χ4v) is 8.68. The number of piperidine rings is 1. The number of nitrogens with one attached hydrogen (secondary N) is 1. The van der Waals surface area contributed by atoms with E-state index in [4.69, 9.17) is 15.0 Å². The molecule has 4 aromatic rings. The Kier molecular flexibility index (Phi) is 10.0. The Morgan fingerprint density at radius 2 is 1.78 bits per heavy atom. The van der Waals surface area contributed by atoms with Crippen molar-refractivity contribution >= 4 is 42.7 Å². The van der Waals surface area contributed by atoms with Crippen molar-refractivity contribution in [3.8, 4) is 28.4 Å². The zero-order valence-corrected chi connectivity index (χ0v) is 30.9. The molecule has 0 bridgehead atoms. The molecule has 0 radical (unpaired) electrons. The Hall–Kier alpha value is -5.35. The lowest BCUT2D eigenvalue weighted by atomic mass is 9.78. The van der Waals surface area contributed by atoms with E-state index >= 15 is 0 Å². The van der Waals surface area contributed by atoms with E-state index in [1.165, 1.54) is 16.3 Å². The van der Waals surface area contributed by atoms with E-state index in [0.717, 1.165) is 43.7 Å². The largest absolute Gasteiger partial charge is 0.524 e. The van der Waals surface area contributed by atoms with Gasteiger partial charge in [-0.05, 0) is 73.8 Å². The number of imide groups is 1. The molecule has 8 rings (SSSR count). The normalized spacial score (nSPS) is 22.2. The summed E-state index contributed by atoms with van der Waals surface area (Å²) < 4.78 is 24.1. The molecule has 2 aromatic carbocycles. The molecule has 55 heavy (non-hydrogen) atoms. The minimum atomic E-state index is -4.83. The van der Waals surface area contributed by atoms with Crippen LogP contribution in [0.25, 0.3) is 16.9 Å². The van der Waals surface area contributed by atoms with Gasteiger partial charge in [0, 0.05) is 31.6 Å². The molecule has 2 aromatic heterocycles. The van der Waals surface area contributed by atoms with Gasteiger partial charge >= 0.3 is 7.82 Å². The summed E-state index contributed by atoms with van der Waals surface area (Å²) in [5.74, 6) is 1.17. The molecule has 0 unspecified atom stereocenters. The number of nitrogens with two attached hydrogens (primary N) is 1. The number of nitrogens with zero attached hydrogens (tertiary/aromatic N) is 7. The van der Waals surface area contributed by atoms with Gasteiger partial charge in [0.15, 0.2) is 5.82 Å². The maximum atomic E-state index is 13.5. The number of para-hydroxylation sites is 2. The van der Waals surface area contributed by atoms with Crippen LogP contribution in [0.3, 0.4) is 0 Å². The average Bonchev–Trinajstić information content (AvgIpc) is 3.65. The molecule has 5 heterocycles. The Balaban J connectivity index is 0.876. The lowest BCUT2D eigenvalue weighted by Crippen LogP contribution is -2.54. The highest BCUT2D eigenvalue weighted by Crippen LogP contribution is 2.46. The predicted octanol–water partition coefficient (Wildman–Crippen LogP) is 3.01. The first-order chi connectivity index (χ1) is 26.5. The van der Waals surface area contributed by atoms with Gasteiger partial charge in [-0.1, -0.05) is 24.3 Å². The third-order valence-electron chi connectivity index (χ3n) is 10.9. The van der Waals surface area contributed by atoms with Crippen molar-refractivity contribution < 1.29 is 38.0 Å². The van der Waals surface area contributed by atoms with Crippen molar-refractivity contribution in [3.05, 3.63) is 66.5 Å². The first-order valence-electron chi connectivity index (χ1n) is 18.4. The number of nitrogen functional groups attached to an aromatic ring is 1.